The number of nitrogens with one attached hydrogen (secondary N) is 1. The van der Waals surface area contributed by atoms with Crippen molar-refractivity contribution in [1.82, 2.24) is 9.97 Å². The highest BCUT2D eigenvalue weighted by molar-refractivity contribution is 5.97. The lowest BCUT2D eigenvalue weighted by atomic mass is 9.80. The molecule has 0 aliphatic rings. The molecule has 1 aromatic heterocycles. The number of imidazole rings is 1. The summed E-state index contributed by atoms with van der Waals surface area (Å²) in [5.74, 6) is -0.502. The van der Waals surface area contributed by atoms with Crippen LogP contribution in [0.2, 0.25) is 0 Å². The van der Waals surface area contributed by atoms with E-state index in [0.29, 0.717) is 11.3 Å². The molecule has 23 heavy (non-hydrogen) atoms. The second kappa shape index (κ2) is 5.52. The molecule has 0 radical (unpaired) electrons. The number of primary amides is 1. The van der Waals surface area contributed by atoms with Crippen LogP contribution in [0.1, 0.15) is 35.5 Å². The van der Waals surface area contributed by atoms with Gasteiger partial charge in [0.1, 0.15) is 5.60 Å². The first kappa shape index (κ1) is 15.2. The number of fused-ring (bicyclic) bond motifs is 1. The van der Waals surface area contributed by atoms with E-state index in [1.165, 1.54) is 0 Å². The fourth-order valence-electron chi connectivity index (χ4n) is 2.90. The maximum Gasteiger partial charge on any atom is 0.248 e. The first-order chi connectivity index (χ1) is 10.9. The summed E-state index contributed by atoms with van der Waals surface area (Å²) in [6.45, 7) is 3.92. The molecule has 0 spiro atoms. The molecule has 0 aliphatic carbocycles. The molecule has 118 valence electrons. The molecular weight excluding hydrogens is 290 g/mol. The Morgan fingerprint density at radius 2 is 1.91 bits per heavy atom. The van der Waals surface area contributed by atoms with Gasteiger partial charge < -0.3 is 15.8 Å². The van der Waals surface area contributed by atoms with Crippen molar-refractivity contribution in [1.29, 1.82) is 0 Å². The number of benzene rings is 2. The Balaban J connectivity index is 2.15. The summed E-state index contributed by atoms with van der Waals surface area (Å²) in [4.78, 5) is 18.3. The number of nitrogens with two attached hydrogens (primary N) is 1. The number of aromatic amines is 1. The number of amides is 1. The van der Waals surface area contributed by atoms with Gasteiger partial charge in [-0.25, -0.2) is 4.98 Å². The van der Waals surface area contributed by atoms with Crippen LogP contribution in [0.25, 0.3) is 10.8 Å². The molecule has 3 aromatic rings. The molecule has 1 unspecified atom stereocenters. The topological polar surface area (TPSA) is 92.0 Å². The van der Waals surface area contributed by atoms with Crippen LogP contribution < -0.4 is 5.73 Å². The van der Waals surface area contributed by atoms with Gasteiger partial charge in [-0.2, -0.15) is 0 Å². The minimum atomic E-state index is -1.16. The summed E-state index contributed by atoms with van der Waals surface area (Å²) in [5.41, 5.74) is 6.06. The number of aromatic nitrogens is 2. The number of H-pyrrole nitrogens is 1. The molecule has 1 heterocycles. The third kappa shape index (κ3) is 2.49. The lowest BCUT2D eigenvalue weighted by molar-refractivity contribution is 0.0280. The first-order valence-corrected chi connectivity index (χ1v) is 7.48. The summed E-state index contributed by atoms with van der Waals surface area (Å²) >= 11 is 0. The third-order valence-corrected chi connectivity index (χ3v) is 4.31. The van der Waals surface area contributed by atoms with Crippen LogP contribution in [0.4, 0.5) is 0 Å². The molecule has 5 heteroatoms. The number of hydrogen-bond donors (Lipinski definition) is 3. The van der Waals surface area contributed by atoms with E-state index in [-0.39, 0.29) is 5.92 Å². The highest BCUT2D eigenvalue weighted by Crippen LogP contribution is 2.36. The van der Waals surface area contributed by atoms with E-state index in [4.69, 9.17) is 5.73 Å². The van der Waals surface area contributed by atoms with Gasteiger partial charge in [-0.1, -0.05) is 32.0 Å². The maximum atomic E-state index is 11.3. The molecule has 1 amide bonds. The average Bonchev–Trinajstić information content (AvgIpc) is 3.07. The molecule has 0 fully saturated rings. The molecular formula is C18H19N3O2. The highest BCUT2D eigenvalue weighted by Gasteiger charge is 2.36. The Morgan fingerprint density at radius 3 is 2.52 bits per heavy atom. The number of aliphatic hydroxyl groups is 1. The SMILES string of the molecule is CC(C)C(O)(c1ccc2cc(C(N)=O)ccc2c1)c1cnc[nH]1. The van der Waals surface area contributed by atoms with Crippen molar-refractivity contribution in [3.63, 3.8) is 0 Å². The second-order valence-corrected chi connectivity index (χ2v) is 6.03. The van der Waals surface area contributed by atoms with Crippen LogP contribution in [0.15, 0.2) is 48.9 Å². The zero-order valence-corrected chi connectivity index (χ0v) is 13.1. The van der Waals surface area contributed by atoms with Gasteiger partial charge in [-0.05, 0) is 40.5 Å². The Morgan fingerprint density at radius 1 is 1.22 bits per heavy atom. The van der Waals surface area contributed by atoms with Crippen molar-refractivity contribution in [2.45, 2.75) is 19.4 Å². The zero-order valence-electron chi connectivity index (χ0n) is 13.1. The smallest absolute Gasteiger partial charge is 0.248 e. The number of carbonyl (C=O) groups is 1. The monoisotopic (exact) mass is 309 g/mol. The van der Waals surface area contributed by atoms with E-state index in [1.807, 2.05) is 38.1 Å². The number of nitrogens with zero attached hydrogens (tertiary/aromatic N) is 1. The predicted molar refractivity (Wildman–Crippen MR) is 88.9 cm³/mol. The standard InChI is InChI=1S/C18H19N3O2/c1-11(2)18(23,16-9-20-10-21-16)15-6-5-12-7-14(17(19)22)4-3-13(12)8-15/h3-11,23H,1-2H3,(H2,19,22)(H,20,21). The van der Waals surface area contributed by atoms with E-state index < -0.39 is 11.5 Å². The summed E-state index contributed by atoms with van der Waals surface area (Å²) < 4.78 is 0. The number of hydrogen-bond acceptors (Lipinski definition) is 3. The van der Waals surface area contributed by atoms with Crippen molar-refractivity contribution < 1.29 is 9.90 Å². The maximum absolute atomic E-state index is 11.3. The molecule has 4 N–H and O–H groups in total. The summed E-state index contributed by atoms with van der Waals surface area (Å²) in [6, 6.07) is 11.0. The fraction of sp³-hybridized carbons (Fsp3) is 0.222. The van der Waals surface area contributed by atoms with Gasteiger partial charge in [0.2, 0.25) is 5.91 Å². The van der Waals surface area contributed by atoms with Gasteiger partial charge in [-0.15, -0.1) is 0 Å². The molecule has 1 atom stereocenters. The molecule has 0 aliphatic heterocycles. The molecule has 0 saturated carbocycles. The molecule has 0 saturated heterocycles. The lowest BCUT2D eigenvalue weighted by Gasteiger charge is -2.32. The minimum Gasteiger partial charge on any atom is -0.379 e. The van der Waals surface area contributed by atoms with Gasteiger partial charge in [0, 0.05) is 5.56 Å². The van der Waals surface area contributed by atoms with Crippen molar-refractivity contribution >= 4 is 16.7 Å². The van der Waals surface area contributed by atoms with Gasteiger partial charge in [0.05, 0.1) is 18.2 Å². The minimum absolute atomic E-state index is 0.0507. The van der Waals surface area contributed by atoms with Crippen molar-refractivity contribution in [3.8, 4) is 0 Å². The van der Waals surface area contributed by atoms with Crippen LogP contribution in [-0.2, 0) is 5.60 Å². The van der Waals surface area contributed by atoms with Crippen LogP contribution in [0.3, 0.4) is 0 Å². The Bertz CT molecular complexity index is 856. The summed E-state index contributed by atoms with van der Waals surface area (Å²) in [6.07, 6.45) is 3.20. The van der Waals surface area contributed by atoms with E-state index in [0.717, 1.165) is 16.3 Å². The number of carbonyl (C=O) groups excluding carboxylic acids is 1. The molecule has 2 aromatic carbocycles. The van der Waals surface area contributed by atoms with Crippen molar-refractivity contribution in [2.24, 2.45) is 11.7 Å². The van der Waals surface area contributed by atoms with Gasteiger partial charge in [-0.3, -0.25) is 4.79 Å². The van der Waals surface area contributed by atoms with Crippen LogP contribution in [-0.4, -0.2) is 21.0 Å². The average molecular weight is 309 g/mol. The summed E-state index contributed by atoms with van der Waals surface area (Å²) in [7, 11) is 0. The molecule has 3 rings (SSSR count). The fourth-order valence-corrected chi connectivity index (χ4v) is 2.90. The van der Waals surface area contributed by atoms with E-state index >= 15 is 0 Å². The normalized spacial score (nSPS) is 14.1. The van der Waals surface area contributed by atoms with Gasteiger partial charge in [0.25, 0.3) is 0 Å². The van der Waals surface area contributed by atoms with E-state index in [1.54, 1.807) is 24.7 Å². The predicted octanol–water partition coefficient (Wildman–Crippen LogP) is 2.55. The third-order valence-electron chi connectivity index (χ3n) is 4.31. The van der Waals surface area contributed by atoms with Crippen molar-refractivity contribution in [3.05, 3.63) is 65.7 Å². The lowest BCUT2D eigenvalue weighted by Crippen LogP contribution is -2.33. The van der Waals surface area contributed by atoms with Crippen molar-refractivity contribution in [2.75, 3.05) is 0 Å². The Labute approximate surface area is 134 Å². The van der Waals surface area contributed by atoms with Crippen LogP contribution in [0, 0.1) is 5.92 Å². The summed E-state index contributed by atoms with van der Waals surface area (Å²) in [5, 5.41) is 13.1. The van der Waals surface area contributed by atoms with Gasteiger partial charge in [0.15, 0.2) is 0 Å². The first-order valence-electron chi connectivity index (χ1n) is 7.48. The van der Waals surface area contributed by atoms with Gasteiger partial charge >= 0.3 is 0 Å². The van der Waals surface area contributed by atoms with Crippen LogP contribution >= 0.6 is 0 Å². The largest absolute Gasteiger partial charge is 0.379 e. The Hall–Kier alpha value is -2.66. The zero-order chi connectivity index (χ0) is 16.6. The van der Waals surface area contributed by atoms with Crippen LogP contribution in [0.5, 0.6) is 0 Å². The molecule has 0 bridgehead atoms. The second-order valence-electron chi connectivity index (χ2n) is 6.03. The highest BCUT2D eigenvalue weighted by atomic mass is 16.3. The number of rotatable bonds is 4. The van der Waals surface area contributed by atoms with E-state index in [2.05, 4.69) is 9.97 Å². The van der Waals surface area contributed by atoms with E-state index in [9.17, 15) is 9.90 Å². The molecule has 5 nitrogen and oxygen atoms in total. The Kier molecular flexibility index (Phi) is 3.66. The quantitative estimate of drug-likeness (QED) is 0.691.